The lowest BCUT2D eigenvalue weighted by Gasteiger charge is -2.25. The molecule has 1 aliphatic heterocycles. The largest absolute Gasteiger partial charge is 0.379 e. The Labute approximate surface area is 95.6 Å². The summed E-state index contributed by atoms with van der Waals surface area (Å²) in [5.74, 6) is 0.0931. The van der Waals surface area contributed by atoms with Gasteiger partial charge in [0.2, 0.25) is 0 Å². The van der Waals surface area contributed by atoms with Gasteiger partial charge in [0.15, 0.2) is 5.78 Å². The van der Waals surface area contributed by atoms with Crippen molar-refractivity contribution >= 4 is 5.78 Å². The van der Waals surface area contributed by atoms with Gasteiger partial charge in [-0.1, -0.05) is 24.3 Å². The van der Waals surface area contributed by atoms with Crippen molar-refractivity contribution in [3.8, 4) is 0 Å². The van der Waals surface area contributed by atoms with Crippen LogP contribution < -0.4 is 5.73 Å². The van der Waals surface area contributed by atoms with Gasteiger partial charge in [-0.2, -0.15) is 0 Å². The molecule has 1 aromatic rings. The summed E-state index contributed by atoms with van der Waals surface area (Å²) in [5.41, 5.74) is 7.13. The third kappa shape index (κ3) is 1.66. The smallest absolute Gasteiger partial charge is 0.172 e. The molecule has 0 spiro atoms. The van der Waals surface area contributed by atoms with Crippen LogP contribution in [0.3, 0.4) is 0 Å². The number of benzene rings is 1. The minimum atomic E-state index is -0.577. The molecule has 1 aliphatic rings. The van der Waals surface area contributed by atoms with Gasteiger partial charge in [0.05, 0.1) is 18.6 Å². The molecule has 3 heteroatoms. The second-order valence-electron chi connectivity index (χ2n) is 4.68. The average Bonchev–Trinajstić information content (AvgIpc) is 2.60. The molecule has 1 heterocycles. The molecule has 2 unspecified atom stereocenters. The molecule has 2 N–H and O–H groups in total. The van der Waals surface area contributed by atoms with Gasteiger partial charge in [0, 0.05) is 11.6 Å². The molecule has 3 nitrogen and oxygen atoms in total. The third-order valence-corrected chi connectivity index (χ3v) is 3.43. The van der Waals surface area contributed by atoms with Crippen molar-refractivity contribution in [2.45, 2.75) is 19.9 Å². The van der Waals surface area contributed by atoms with E-state index in [1.807, 2.05) is 38.1 Å². The summed E-state index contributed by atoms with van der Waals surface area (Å²) in [6.07, 6.45) is 0. The number of carbonyl (C=O) groups is 1. The number of rotatable bonds is 2. The van der Waals surface area contributed by atoms with Gasteiger partial charge >= 0.3 is 0 Å². The first kappa shape index (κ1) is 11.3. The van der Waals surface area contributed by atoms with Crippen LogP contribution in [0, 0.1) is 12.3 Å². The van der Waals surface area contributed by atoms with Crippen LogP contribution in [0.1, 0.15) is 22.8 Å². The van der Waals surface area contributed by atoms with Crippen LogP contribution in [0.2, 0.25) is 0 Å². The second kappa shape index (κ2) is 4.00. The number of hydrogen-bond acceptors (Lipinski definition) is 3. The number of ether oxygens (including phenoxy) is 1. The fourth-order valence-electron chi connectivity index (χ4n) is 2.06. The van der Waals surface area contributed by atoms with Gasteiger partial charge in [-0.25, -0.2) is 0 Å². The number of Topliss-reactive ketones (excluding diaryl/α,β-unsaturated/α-hetero) is 1. The van der Waals surface area contributed by atoms with Crippen LogP contribution in [0.15, 0.2) is 24.3 Å². The van der Waals surface area contributed by atoms with E-state index >= 15 is 0 Å². The van der Waals surface area contributed by atoms with E-state index in [0.717, 1.165) is 11.1 Å². The molecule has 86 valence electrons. The van der Waals surface area contributed by atoms with Gasteiger partial charge in [-0.15, -0.1) is 0 Å². The average molecular weight is 219 g/mol. The highest BCUT2D eigenvalue weighted by molar-refractivity contribution is 6.02. The first-order chi connectivity index (χ1) is 7.55. The fourth-order valence-corrected chi connectivity index (χ4v) is 2.06. The zero-order valence-electron chi connectivity index (χ0n) is 9.69. The summed E-state index contributed by atoms with van der Waals surface area (Å²) in [7, 11) is 0. The summed E-state index contributed by atoms with van der Waals surface area (Å²) in [4.78, 5) is 12.4. The first-order valence-electron chi connectivity index (χ1n) is 5.49. The Bertz CT molecular complexity index is 416. The predicted molar refractivity (Wildman–Crippen MR) is 62.4 cm³/mol. The maximum atomic E-state index is 12.4. The zero-order chi connectivity index (χ0) is 11.8. The molecule has 2 rings (SSSR count). The number of ketones is 1. The van der Waals surface area contributed by atoms with Crippen LogP contribution in [0.25, 0.3) is 0 Å². The SMILES string of the molecule is Cc1ccccc1C(=O)C1(C)COCC1N. The Morgan fingerprint density at radius 2 is 2.19 bits per heavy atom. The van der Waals surface area contributed by atoms with Crippen LogP contribution in [-0.4, -0.2) is 25.0 Å². The van der Waals surface area contributed by atoms with E-state index < -0.39 is 5.41 Å². The normalized spacial score (nSPS) is 29.3. The minimum absolute atomic E-state index is 0.0931. The van der Waals surface area contributed by atoms with Crippen molar-refractivity contribution in [1.82, 2.24) is 0 Å². The summed E-state index contributed by atoms with van der Waals surface area (Å²) in [5, 5.41) is 0. The molecule has 0 radical (unpaired) electrons. The molecule has 0 aliphatic carbocycles. The minimum Gasteiger partial charge on any atom is -0.379 e. The van der Waals surface area contributed by atoms with Gasteiger partial charge in [0.1, 0.15) is 0 Å². The molecule has 16 heavy (non-hydrogen) atoms. The Hall–Kier alpha value is -1.19. The molecule has 0 aromatic heterocycles. The number of carbonyl (C=O) groups excluding carboxylic acids is 1. The van der Waals surface area contributed by atoms with Crippen molar-refractivity contribution in [2.75, 3.05) is 13.2 Å². The van der Waals surface area contributed by atoms with Crippen molar-refractivity contribution in [2.24, 2.45) is 11.1 Å². The highest BCUT2D eigenvalue weighted by Gasteiger charge is 2.44. The lowest BCUT2D eigenvalue weighted by atomic mass is 9.78. The van der Waals surface area contributed by atoms with Crippen molar-refractivity contribution in [1.29, 1.82) is 0 Å². The topological polar surface area (TPSA) is 52.3 Å². The standard InChI is InChI=1S/C13H17NO2/c1-9-5-3-4-6-10(9)12(15)13(2)8-16-7-11(13)14/h3-6,11H,7-8,14H2,1-2H3. The molecule has 1 aromatic carbocycles. The number of nitrogens with two attached hydrogens (primary N) is 1. The van der Waals surface area contributed by atoms with Crippen LogP contribution in [0.4, 0.5) is 0 Å². The molecular formula is C13H17NO2. The van der Waals surface area contributed by atoms with Crippen LogP contribution in [-0.2, 0) is 4.74 Å². The van der Waals surface area contributed by atoms with E-state index in [-0.39, 0.29) is 11.8 Å². The summed E-state index contributed by atoms with van der Waals surface area (Å²) < 4.78 is 5.31. The molecule has 1 fully saturated rings. The lowest BCUT2D eigenvalue weighted by Crippen LogP contribution is -2.44. The molecule has 0 amide bonds. The van der Waals surface area contributed by atoms with E-state index in [0.29, 0.717) is 13.2 Å². The Morgan fingerprint density at radius 3 is 2.75 bits per heavy atom. The van der Waals surface area contributed by atoms with Gasteiger partial charge in [-0.3, -0.25) is 4.79 Å². The molecule has 0 saturated carbocycles. The molecular weight excluding hydrogens is 202 g/mol. The quantitative estimate of drug-likeness (QED) is 0.768. The number of aryl methyl sites for hydroxylation is 1. The number of hydrogen-bond donors (Lipinski definition) is 1. The first-order valence-corrected chi connectivity index (χ1v) is 5.49. The molecule has 1 saturated heterocycles. The molecule has 0 bridgehead atoms. The van der Waals surface area contributed by atoms with Gasteiger partial charge in [-0.05, 0) is 19.4 Å². The predicted octanol–water partition coefficient (Wildman–Crippen LogP) is 1.54. The van der Waals surface area contributed by atoms with Crippen LogP contribution >= 0.6 is 0 Å². The maximum Gasteiger partial charge on any atom is 0.172 e. The Kier molecular flexibility index (Phi) is 2.82. The fraction of sp³-hybridized carbons (Fsp3) is 0.462. The van der Waals surface area contributed by atoms with Crippen molar-refractivity contribution < 1.29 is 9.53 Å². The van der Waals surface area contributed by atoms with Crippen LogP contribution in [0.5, 0.6) is 0 Å². The maximum absolute atomic E-state index is 12.4. The highest BCUT2D eigenvalue weighted by atomic mass is 16.5. The van der Waals surface area contributed by atoms with E-state index in [9.17, 15) is 4.79 Å². The van der Waals surface area contributed by atoms with Crippen molar-refractivity contribution in [3.63, 3.8) is 0 Å². The molecule has 2 atom stereocenters. The highest BCUT2D eigenvalue weighted by Crippen LogP contribution is 2.32. The van der Waals surface area contributed by atoms with Gasteiger partial charge in [0.25, 0.3) is 0 Å². The lowest BCUT2D eigenvalue weighted by molar-refractivity contribution is 0.0767. The van der Waals surface area contributed by atoms with E-state index in [1.54, 1.807) is 0 Å². The summed E-state index contributed by atoms with van der Waals surface area (Å²) in [6.45, 7) is 4.72. The van der Waals surface area contributed by atoms with Gasteiger partial charge < -0.3 is 10.5 Å². The third-order valence-electron chi connectivity index (χ3n) is 3.43. The van der Waals surface area contributed by atoms with Crippen molar-refractivity contribution in [3.05, 3.63) is 35.4 Å². The zero-order valence-corrected chi connectivity index (χ0v) is 9.69. The Morgan fingerprint density at radius 1 is 1.50 bits per heavy atom. The monoisotopic (exact) mass is 219 g/mol. The van der Waals surface area contributed by atoms with E-state index in [4.69, 9.17) is 10.5 Å². The van der Waals surface area contributed by atoms with E-state index in [1.165, 1.54) is 0 Å². The summed E-state index contributed by atoms with van der Waals surface area (Å²) in [6, 6.07) is 7.40. The Balaban J connectivity index is 2.36. The van der Waals surface area contributed by atoms with E-state index in [2.05, 4.69) is 0 Å². The second-order valence-corrected chi connectivity index (χ2v) is 4.68. The summed E-state index contributed by atoms with van der Waals surface area (Å²) >= 11 is 0.